The first-order valence-electron chi connectivity index (χ1n) is 3.48. The summed E-state index contributed by atoms with van der Waals surface area (Å²) in [6, 6.07) is 0. The Morgan fingerprint density at radius 2 is 1.69 bits per heavy atom. The zero-order chi connectivity index (χ0) is 10.1. The van der Waals surface area contributed by atoms with Gasteiger partial charge in [-0.2, -0.15) is 13.2 Å². The van der Waals surface area contributed by atoms with Gasteiger partial charge in [0, 0.05) is 26.5 Å². The van der Waals surface area contributed by atoms with Gasteiger partial charge in [-0.25, -0.2) is 9.97 Å². The summed E-state index contributed by atoms with van der Waals surface area (Å²) in [5, 5.41) is 0. The quantitative estimate of drug-likeness (QED) is 0.674. The third-order valence-corrected chi connectivity index (χ3v) is 1.37. The van der Waals surface area contributed by atoms with Crippen LogP contribution in [0, 0.1) is 0 Å². The number of nitrogens with zero attached hydrogens (tertiary/aromatic N) is 3. The fourth-order valence-corrected chi connectivity index (χ4v) is 0.858. The second-order valence-corrected chi connectivity index (χ2v) is 2.62. The highest BCUT2D eigenvalue weighted by atomic mass is 19.4. The van der Waals surface area contributed by atoms with Crippen molar-refractivity contribution in [2.75, 3.05) is 19.0 Å². The molecule has 1 aromatic heterocycles. The number of rotatable bonds is 1. The molecule has 6 heteroatoms. The molecule has 1 aromatic rings. The van der Waals surface area contributed by atoms with Gasteiger partial charge >= 0.3 is 6.18 Å². The minimum Gasteiger partial charge on any atom is -0.361 e. The van der Waals surface area contributed by atoms with Crippen molar-refractivity contribution >= 4 is 5.82 Å². The van der Waals surface area contributed by atoms with Gasteiger partial charge in [-0.15, -0.1) is 0 Å². The molecule has 1 rings (SSSR count). The molecule has 0 aliphatic rings. The number of alkyl halides is 3. The zero-order valence-corrected chi connectivity index (χ0v) is 7.13. The maximum Gasteiger partial charge on any atom is 0.437 e. The monoisotopic (exact) mass is 191 g/mol. The number of hydrogen-bond acceptors (Lipinski definition) is 3. The van der Waals surface area contributed by atoms with E-state index in [4.69, 9.17) is 0 Å². The van der Waals surface area contributed by atoms with Crippen LogP contribution in [-0.2, 0) is 6.18 Å². The van der Waals surface area contributed by atoms with E-state index in [2.05, 4.69) is 9.97 Å². The van der Waals surface area contributed by atoms with E-state index in [-0.39, 0.29) is 5.82 Å². The summed E-state index contributed by atoms with van der Waals surface area (Å²) in [4.78, 5) is 8.10. The van der Waals surface area contributed by atoms with Gasteiger partial charge in [-0.3, -0.25) is 0 Å². The van der Waals surface area contributed by atoms with E-state index in [0.717, 1.165) is 6.20 Å². The molecule has 0 aromatic carbocycles. The van der Waals surface area contributed by atoms with Crippen LogP contribution in [0.1, 0.15) is 5.69 Å². The van der Waals surface area contributed by atoms with E-state index in [1.165, 1.54) is 25.2 Å². The van der Waals surface area contributed by atoms with Crippen LogP contribution in [0.5, 0.6) is 0 Å². The predicted molar refractivity (Wildman–Crippen MR) is 41.4 cm³/mol. The van der Waals surface area contributed by atoms with E-state index >= 15 is 0 Å². The summed E-state index contributed by atoms with van der Waals surface area (Å²) in [6.07, 6.45) is -2.20. The third kappa shape index (κ3) is 2.07. The van der Waals surface area contributed by atoms with Crippen LogP contribution in [-0.4, -0.2) is 24.1 Å². The summed E-state index contributed by atoms with van der Waals surface area (Å²) in [5.74, 6) is -0.171. The molecule has 1 heterocycles. The van der Waals surface area contributed by atoms with E-state index < -0.39 is 11.9 Å². The van der Waals surface area contributed by atoms with Crippen LogP contribution in [0.25, 0.3) is 0 Å². The second-order valence-electron chi connectivity index (χ2n) is 2.62. The standard InChI is InChI=1S/C7H8F3N3/c1-13(2)6-5(7(8,9)10)11-3-4-12-6/h3-4H,1-2H3. The Balaban J connectivity index is 3.20. The summed E-state index contributed by atoms with van der Waals surface area (Å²) >= 11 is 0. The molecule has 0 N–H and O–H groups in total. The molecule has 3 nitrogen and oxygen atoms in total. The molecular formula is C7H8F3N3. The minimum absolute atomic E-state index is 0.171. The maximum absolute atomic E-state index is 12.3. The SMILES string of the molecule is CN(C)c1nccnc1C(F)(F)F. The number of hydrogen-bond donors (Lipinski definition) is 0. The van der Waals surface area contributed by atoms with Crippen molar-refractivity contribution < 1.29 is 13.2 Å². The topological polar surface area (TPSA) is 29.0 Å². The summed E-state index contributed by atoms with van der Waals surface area (Å²) < 4.78 is 36.8. The Bertz CT molecular complexity index is 295. The Labute approximate surface area is 73.2 Å². The van der Waals surface area contributed by atoms with Crippen molar-refractivity contribution in [1.82, 2.24) is 9.97 Å². The van der Waals surface area contributed by atoms with E-state index in [1.807, 2.05) is 0 Å². The largest absolute Gasteiger partial charge is 0.437 e. The summed E-state index contributed by atoms with van der Waals surface area (Å²) in [7, 11) is 2.97. The van der Waals surface area contributed by atoms with Gasteiger partial charge in [-0.1, -0.05) is 0 Å². The summed E-state index contributed by atoms with van der Waals surface area (Å²) in [6.45, 7) is 0. The first-order chi connectivity index (χ1) is 5.93. The number of halogens is 3. The average molecular weight is 191 g/mol. The predicted octanol–water partition coefficient (Wildman–Crippen LogP) is 1.56. The molecule has 0 radical (unpaired) electrons. The zero-order valence-electron chi connectivity index (χ0n) is 7.13. The highest BCUT2D eigenvalue weighted by molar-refractivity contribution is 5.42. The Hall–Kier alpha value is -1.33. The van der Waals surface area contributed by atoms with Crippen LogP contribution in [0.4, 0.5) is 19.0 Å². The lowest BCUT2D eigenvalue weighted by Crippen LogP contribution is -2.19. The van der Waals surface area contributed by atoms with E-state index in [0.29, 0.717) is 0 Å². The molecule has 0 aliphatic carbocycles. The normalized spacial score (nSPS) is 11.5. The first-order valence-corrected chi connectivity index (χ1v) is 3.48. The Kier molecular flexibility index (Phi) is 2.40. The molecule has 0 amide bonds. The van der Waals surface area contributed by atoms with Crippen LogP contribution >= 0.6 is 0 Å². The number of anilines is 1. The van der Waals surface area contributed by atoms with Crippen molar-refractivity contribution in [3.05, 3.63) is 18.1 Å². The summed E-state index contributed by atoms with van der Waals surface area (Å²) in [5.41, 5.74) is -0.958. The smallest absolute Gasteiger partial charge is 0.361 e. The van der Waals surface area contributed by atoms with Gasteiger partial charge in [0.05, 0.1) is 0 Å². The van der Waals surface area contributed by atoms with Crippen molar-refractivity contribution in [2.45, 2.75) is 6.18 Å². The minimum atomic E-state index is -4.45. The van der Waals surface area contributed by atoms with Gasteiger partial charge < -0.3 is 4.90 Å². The van der Waals surface area contributed by atoms with E-state index in [1.54, 1.807) is 0 Å². The van der Waals surface area contributed by atoms with Gasteiger partial charge in [0.2, 0.25) is 0 Å². The molecule has 13 heavy (non-hydrogen) atoms. The molecule has 0 aliphatic heterocycles. The van der Waals surface area contributed by atoms with Crippen LogP contribution in [0.3, 0.4) is 0 Å². The van der Waals surface area contributed by atoms with Gasteiger partial charge in [0.15, 0.2) is 11.5 Å². The maximum atomic E-state index is 12.3. The molecule has 0 bridgehead atoms. The molecule has 0 saturated carbocycles. The number of aromatic nitrogens is 2. The molecule has 0 spiro atoms. The molecule has 72 valence electrons. The lowest BCUT2D eigenvalue weighted by atomic mass is 10.4. The Morgan fingerprint density at radius 1 is 1.15 bits per heavy atom. The van der Waals surface area contributed by atoms with Crippen LogP contribution in [0.2, 0.25) is 0 Å². The Morgan fingerprint density at radius 3 is 2.08 bits per heavy atom. The van der Waals surface area contributed by atoms with Gasteiger partial charge in [0.1, 0.15) is 0 Å². The molecule has 0 unspecified atom stereocenters. The first kappa shape index (κ1) is 9.76. The fraction of sp³-hybridized carbons (Fsp3) is 0.429. The highest BCUT2D eigenvalue weighted by Crippen LogP contribution is 2.32. The molecule has 0 fully saturated rings. The van der Waals surface area contributed by atoms with Gasteiger partial charge in [-0.05, 0) is 0 Å². The van der Waals surface area contributed by atoms with Crippen molar-refractivity contribution in [3.8, 4) is 0 Å². The molecule has 0 saturated heterocycles. The fourth-order valence-electron chi connectivity index (χ4n) is 0.858. The lowest BCUT2D eigenvalue weighted by Gasteiger charge is -2.15. The average Bonchev–Trinajstić information content (AvgIpc) is 2.03. The van der Waals surface area contributed by atoms with Crippen LogP contribution < -0.4 is 4.90 Å². The van der Waals surface area contributed by atoms with Crippen molar-refractivity contribution in [1.29, 1.82) is 0 Å². The molecule has 0 atom stereocenters. The highest BCUT2D eigenvalue weighted by Gasteiger charge is 2.36. The lowest BCUT2D eigenvalue weighted by molar-refractivity contribution is -0.140. The van der Waals surface area contributed by atoms with Gasteiger partial charge in [0.25, 0.3) is 0 Å². The van der Waals surface area contributed by atoms with E-state index in [9.17, 15) is 13.2 Å². The van der Waals surface area contributed by atoms with Crippen molar-refractivity contribution in [2.24, 2.45) is 0 Å². The molecular weight excluding hydrogens is 183 g/mol. The second kappa shape index (κ2) is 3.20. The third-order valence-electron chi connectivity index (χ3n) is 1.37. The van der Waals surface area contributed by atoms with Crippen molar-refractivity contribution in [3.63, 3.8) is 0 Å². The van der Waals surface area contributed by atoms with Crippen LogP contribution in [0.15, 0.2) is 12.4 Å².